The van der Waals surface area contributed by atoms with Gasteiger partial charge in [-0.25, -0.2) is 4.39 Å². The SMILES string of the molecule is Cc1cc2c(F)c(B(O)O)ccc2s1. The Bertz CT molecular complexity index is 481. The van der Waals surface area contributed by atoms with E-state index < -0.39 is 12.9 Å². The molecule has 72 valence electrons. The Morgan fingerprint density at radius 2 is 2.07 bits per heavy atom. The van der Waals surface area contributed by atoms with Crippen LogP contribution in [0, 0.1) is 12.7 Å². The van der Waals surface area contributed by atoms with E-state index >= 15 is 0 Å². The first kappa shape index (κ1) is 9.64. The third-order valence-corrected chi connectivity index (χ3v) is 3.08. The minimum atomic E-state index is -1.75. The number of benzene rings is 1. The van der Waals surface area contributed by atoms with Crippen molar-refractivity contribution < 1.29 is 14.4 Å². The van der Waals surface area contributed by atoms with E-state index in [9.17, 15) is 4.39 Å². The van der Waals surface area contributed by atoms with Crippen molar-refractivity contribution in [3.8, 4) is 0 Å². The molecule has 0 aliphatic heterocycles. The van der Waals surface area contributed by atoms with Gasteiger partial charge in [-0.3, -0.25) is 0 Å². The van der Waals surface area contributed by atoms with E-state index in [4.69, 9.17) is 10.0 Å². The van der Waals surface area contributed by atoms with Crippen LogP contribution in [-0.2, 0) is 0 Å². The topological polar surface area (TPSA) is 40.5 Å². The number of fused-ring (bicyclic) bond motifs is 1. The zero-order chi connectivity index (χ0) is 10.3. The first-order valence-corrected chi connectivity index (χ1v) is 4.96. The lowest BCUT2D eigenvalue weighted by Crippen LogP contribution is -2.32. The molecule has 0 saturated carbocycles. The van der Waals surface area contributed by atoms with Crippen molar-refractivity contribution in [1.29, 1.82) is 0 Å². The Labute approximate surface area is 84.8 Å². The third-order valence-electron chi connectivity index (χ3n) is 2.07. The summed E-state index contributed by atoms with van der Waals surface area (Å²) in [5.74, 6) is -0.540. The average Bonchev–Trinajstić information content (AvgIpc) is 2.46. The van der Waals surface area contributed by atoms with Crippen LogP contribution in [0.15, 0.2) is 18.2 Å². The maximum absolute atomic E-state index is 13.6. The van der Waals surface area contributed by atoms with Crippen LogP contribution in [-0.4, -0.2) is 17.2 Å². The molecule has 0 atom stereocenters. The van der Waals surface area contributed by atoms with Crippen LogP contribution < -0.4 is 5.46 Å². The molecule has 0 aliphatic rings. The Morgan fingerprint density at radius 3 is 2.71 bits per heavy atom. The molecule has 0 bridgehead atoms. The second-order valence-electron chi connectivity index (χ2n) is 3.11. The number of aryl methyl sites for hydroxylation is 1. The molecule has 2 rings (SSSR count). The lowest BCUT2D eigenvalue weighted by Gasteiger charge is -2.01. The standard InChI is InChI=1S/C9H8BFO2S/c1-5-4-6-8(14-5)3-2-7(9(6)11)10(12)13/h2-4,12-13H,1H3. The molecular formula is C9H8BFO2S. The van der Waals surface area contributed by atoms with Gasteiger partial charge in [-0.1, -0.05) is 6.07 Å². The molecule has 0 radical (unpaired) electrons. The molecule has 1 aromatic heterocycles. The zero-order valence-electron chi connectivity index (χ0n) is 7.49. The Balaban J connectivity index is 2.74. The van der Waals surface area contributed by atoms with Gasteiger partial charge in [0, 0.05) is 20.4 Å². The normalized spacial score (nSPS) is 10.9. The lowest BCUT2D eigenvalue weighted by molar-refractivity contribution is 0.423. The van der Waals surface area contributed by atoms with E-state index in [1.807, 2.05) is 6.92 Å². The summed E-state index contributed by atoms with van der Waals surface area (Å²) in [5, 5.41) is 18.2. The molecule has 0 saturated heterocycles. The van der Waals surface area contributed by atoms with Gasteiger partial charge in [-0.15, -0.1) is 11.3 Å². The summed E-state index contributed by atoms with van der Waals surface area (Å²) in [5.41, 5.74) is -0.0738. The van der Waals surface area contributed by atoms with Gasteiger partial charge in [-0.2, -0.15) is 0 Å². The molecule has 2 N–H and O–H groups in total. The summed E-state index contributed by atoms with van der Waals surface area (Å²) in [4.78, 5) is 1.00. The van der Waals surface area contributed by atoms with Gasteiger partial charge in [0.2, 0.25) is 0 Å². The highest BCUT2D eigenvalue weighted by atomic mass is 32.1. The summed E-state index contributed by atoms with van der Waals surface area (Å²) in [6, 6.07) is 4.81. The molecule has 0 amide bonds. The van der Waals surface area contributed by atoms with Gasteiger partial charge in [0.15, 0.2) is 0 Å². The molecule has 1 aromatic carbocycles. The zero-order valence-corrected chi connectivity index (χ0v) is 8.31. The van der Waals surface area contributed by atoms with Crippen molar-refractivity contribution in [1.82, 2.24) is 0 Å². The Morgan fingerprint density at radius 1 is 1.36 bits per heavy atom. The van der Waals surface area contributed by atoms with E-state index in [-0.39, 0.29) is 5.46 Å². The van der Waals surface area contributed by atoms with Crippen molar-refractivity contribution in [3.63, 3.8) is 0 Å². The van der Waals surface area contributed by atoms with Crippen molar-refractivity contribution in [3.05, 3.63) is 28.9 Å². The largest absolute Gasteiger partial charge is 0.491 e. The molecule has 0 aliphatic carbocycles. The quantitative estimate of drug-likeness (QED) is 0.690. The summed E-state index contributed by atoms with van der Waals surface area (Å²) in [6.07, 6.45) is 0. The third kappa shape index (κ3) is 1.43. The molecule has 0 unspecified atom stereocenters. The van der Waals surface area contributed by atoms with Gasteiger partial charge in [0.05, 0.1) is 0 Å². The van der Waals surface area contributed by atoms with E-state index in [0.29, 0.717) is 5.39 Å². The van der Waals surface area contributed by atoms with Crippen LogP contribution in [0.5, 0.6) is 0 Å². The highest BCUT2D eigenvalue weighted by Crippen LogP contribution is 2.26. The molecule has 0 fully saturated rings. The van der Waals surface area contributed by atoms with Gasteiger partial charge < -0.3 is 10.0 Å². The van der Waals surface area contributed by atoms with Crippen LogP contribution in [0.1, 0.15) is 4.88 Å². The summed E-state index contributed by atoms with van der Waals surface area (Å²) in [7, 11) is -1.75. The number of rotatable bonds is 1. The predicted molar refractivity (Wildman–Crippen MR) is 56.3 cm³/mol. The van der Waals surface area contributed by atoms with E-state index in [2.05, 4.69) is 0 Å². The minimum Gasteiger partial charge on any atom is -0.423 e. The number of thiophene rings is 1. The maximum atomic E-state index is 13.6. The second-order valence-corrected chi connectivity index (χ2v) is 4.40. The van der Waals surface area contributed by atoms with E-state index in [1.165, 1.54) is 17.4 Å². The fraction of sp³-hybridized carbons (Fsp3) is 0.111. The molecule has 5 heteroatoms. The molecule has 14 heavy (non-hydrogen) atoms. The highest BCUT2D eigenvalue weighted by molar-refractivity contribution is 7.19. The number of halogens is 1. The molecular weight excluding hydrogens is 202 g/mol. The second kappa shape index (κ2) is 3.35. The molecule has 0 spiro atoms. The van der Waals surface area contributed by atoms with Gasteiger partial charge in [-0.05, 0) is 19.1 Å². The first-order valence-electron chi connectivity index (χ1n) is 4.14. The van der Waals surface area contributed by atoms with Gasteiger partial charge in [0.1, 0.15) is 5.82 Å². The van der Waals surface area contributed by atoms with Crippen molar-refractivity contribution >= 4 is 34.0 Å². The van der Waals surface area contributed by atoms with Gasteiger partial charge in [0.25, 0.3) is 0 Å². The van der Waals surface area contributed by atoms with Crippen LogP contribution in [0.3, 0.4) is 0 Å². The van der Waals surface area contributed by atoms with E-state index in [1.54, 1.807) is 12.1 Å². The van der Waals surface area contributed by atoms with E-state index in [0.717, 1.165) is 9.58 Å². The molecule has 1 heterocycles. The minimum absolute atomic E-state index is 0.0738. The number of hydrogen-bond donors (Lipinski definition) is 2. The first-order chi connectivity index (χ1) is 6.59. The van der Waals surface area contributed by atoms with Gasteiger partial charge >= 0.3 is 7.12 Å². The van der Waals surface area contributed by atoms with Crippen LogP contribution in [0.25, 0.3) is 10.1 Å². The van der Waals surface area contributed by atoms with Crippen molar-refractivity contribution in [2.45, 2.75) is 6.92 Å². The van der Waals surface area contributed by atoms with Crippen LogP contribution >= 0.6 is 11.3 Å². The monoisotopic (exact) mass is 210 g/mol. The summed E-state index contributed by atoms with van der Waals surface area (Å²) < 4.78 is 14.4. The summed E-state index contributed by atoms with van der Waals surface area (Å²) in [6.45, 7) is 1.89. The average molecular weight is 210 g/mol. The molecule has 2 aromatic rings. The maximum Gasteiger partial charge on any atom is 0.491 e. The fourth-order valence-electron chi connectivity index (χ4n) is 1.42. The highest BCUT2D eigenvalue weighted by Gasteiger charge is 2.18. The fourth-order valence-corrected chi connectivity index (χ4v) is 2.34. The van der Waals surface area contributed by atoms with Crippen LogP contribution in [0.2, 0.25) is 0 Å². The Kier molecular flexibility index (Phi) is 2.30. The predicted octanol–water partition coefficient (Wildman–Crippen LogP) is 1.03. The molecule has 2 nitrogen and oxygen atoms in total. The summed E-state index contributed by atoms with van der Waals surface area (Å²) >= 11 is 1.48. The van der Waals surface area contributed by atoms with Crippen molar-refractivity contribution in [2.24, 2.45) is 0 Å². The van der Waals surface area contributed by atoms with Crippen LogP contribution in [0.4, 0.5) is 4.39 Å². The lowest BCUT2D eigenvalue weighted by atomic mass is 9.79. The smallest absolute Gasteiger partial charge is 0.423 e. The number of hydrogen-bond acceptors (Lipinski definition) is 3. The Hall–Kier alpha value is -0.905. The van der Waals surface area contributed by atoms with Crippen molar-refractivity contribution in [2.75, 3.05) is 0 Å².